The minimum Gasteiger partial charge on any atom is -0.490 e. The highest BCUT2D eigenvalue weighted by atomic mass is 32.2. The molecule has 2 aromatic carbocycles. The van der Waals surface area contributed by atoms with E-state index in [0.29, 0.717) is 28.7 Å². The van der Waals surface area contributed by atoms with Gasteiger partial charge in [0.1, 0.15) is 5.84 Å². The Morgan fingerprint density at radius 1 is 1.14 bits per heavy atom. The predicted octanol–water partition coefficient (Wildman–Crippen LogP) is 5.77. The third-order valence-corrected chi connectivity index (χ3v) is 6.50. The minimum absolute atomic E-state index is 0.0134. The highest BCUT2D eigenvalue weighted by Crippen LogP contribution is 2.34. The summed E-state index contributed by atoms with van der Waals surface area (Å²) in [5.41, 5.74) is 3.19. The van der Waals surface area contributed by atoms with Gasteiger partial charge in [-0.1, -0.05) is 50.7 Å². The van der Waals surface area contributed by atoms with Crippen LogP contribution in [0.2, 0.25) is 0 Å². The third kappa shape index (κ3) is 5.07. The number of nitrogens with zero attached hydrogens (tertiary/aromatic N) is 2. The molecule has 0 saturated heterocycles. The molecule has 0 radical (unpaired) electrons. The van der Waals surface area contributed by atoms with E-state index in [1.807, 2.05) is 31.4 Å². The van der Waals surface area contributed by atoms with Crippen LogP contribution in [-0.4, -0.2) is 34.4 Å². The molecule has 0 bridgehead atoms. The van der Waals surface area contributed by atoms with Gasteiger partial charge in [-0.05, 0) is 66.1 Å². The van der Waals surface area contributed by atoms with Crippen molar-refractivity contribution in [1.29, 1.82) is 5.41 Å². The normalized spacial score (nSPS) is 16.7. The van der Waals surface area contributed by atoms with Crippen LogP contribution in [0.3, 0.4) is 0 Å². The Hall–Kier alpha value is -3.65. The number of esters is 1. The number of carbonyl (C=O) groups is 2. The van der Waals surface area contributed by atoms with Gasteiger partial charge in [-0.15, -0.1) is 0 Å². The van der Waals surface area contributed by atoms with Crippen molar-refractivity contribution in [1.82, 2.24) is 4.90 Å². The molecule has 2 aromatic rings. The van der Waals surface area contributed by atoms with Gasteiger partial charge in [-0.3, -0.25) is 15.1 Å². The monoisotopic (exact) mass is 489 g/mol. The molecule has 180 valence electrons. The van der Waals surface area contributed by atoms with E-state index in [2.05, 4.69) is 25.8 Å². The molecule has 8 heteroatoms. The Morgan fingerprint density at radius 3 is 2.51 bits per heavy atom. The fourth-order valence-corrected chi connectivity index (χ4v) is 4.50. The minimum atomic E-state index is -0.489. The number of hydrogen-bond donors (Lipinski definition) is 1. The molecule has 0 atom stereocenters. The first kappa shape index (κ1) is 24.5. The summed E-state index contributed by atoms with van der Waals surface area (Å²) in [6.07, 6.45) is 1.60. The lowest BCUT2D eigenvalue weighted by Gasteiger charge is -2.25. The van der Waals surface area contributed by atoms with Crippen LogP contribution in [0.4, 0.5) is 0 Å². The summed E-state index contributed by atoms with van der Waals surface area (Å²) in [6.45, 7) is 10.4. The lowest BCUT2D eigenvalue weighted by atomic mass is 9.87. The summed E-state index contributed by atoms with van der Waals surface area (Å²) in [5.74, 6) is -0.236. The van der Waals surface area contributed by atoms with Crippen LogP contribution in [0, 0.1) is 5.41 Å². The van der Waals surface area contributed by atoms with Crippen molar-refractivity contribution in [3.8, 4) is 11.5 Å². The van der Waals surface area contributed by atoms with E-state index in [4.69, 9.17) is 14.9 Å². The number of thioether (sulfide) groups is 1. The summed E-state index contributed by atoms with van der Waals surface area (Å²) >= 11 is 1.32. The lowest BCUT2D eigenvalue weighted by Crippen LogP contribution is -2.37. The average Bonchev–Trinajstić information content (AvgIpc) is 3.18. The maximum Gasteiger partial charge on any atom is 0.343 e. The zero-order valence-electron chi connectivity index (χ0n) is 20.3. The van der Waals surface area contributed by atoms with E-state index in [-0.39, 0.29) is 22.6 Å². The summed E-state index contributed by atoms with van der Waals surface area (Å²) in [5, 5.41) is 10.8. The van der Waals surface area contributed by atoms with E-state index in [1.54, 1.807) is 41.3 Å². The summed E-state index contributed by atoms with van der Waals surface area (Å²) in [7, 11) is 0. The van der Waals surface area contributed by atoms with E-state index in [0.717, 1.165) is 11.3 Å². The van der Waals surface area contributed by atoms with E-state index >= 15 is 0 Å². The molecule has 7 nitrogen and oxygen atoms in total. The molecule has 0 saturated carbocycles. The molecule has 1 amide bonds. The van der Waals surface area contributed by atoms with Crippen LogP contribution in [0.1, 0.15) is 56.1 Å². The van der Waals surface area contributed by atoms with Crippen LogP contribution in [0.5, 0.6) is 11.5 Å². The molecule has 0 aromatic heterocycles. The van der Waals surface area contributed by atoms with Crippen molar-refractivity contribution in [2.75, 3.05) is 6.61 Å². The highest BCUT2D eigenvalue weighted by molar-refractivity contribution is 8.16. The molecule has 2 aliphatic heterocycles. The molecule has 0 fully saturated rings. The molecule has 0 spiro atoms. The van der Waals surface area contributed by atoms with Gasteiger partial charge in [0.25, 0.3) is 5.91 Å². The van der Waals surface area contributed by atoms with Gasteiger partial charge in [0.15, 0.2) is 16.7 Å². The van der Waals surface area contributed by atoms with Crippen LogP contribution in [0.15, 0.2) is 64.1 Å². The van der Waals surface area contributed by atoms with E-state index < -0.39 is 11.9 Å². The first-order valence-electron chi connectivity index (χ1n) is 11.2. The Labute approximate surface area is 209 Å². The molecule has 2 heterocycles. The quantitative estimate of drug-likeness (QED) is 0.326. The van der Waals surface area contributed by atoms with Crippen LogP contribution >= 0.6 is 11.8 Å². The topological polar surface area (TPSA) is 92.1 Å². The summed E-state index contributed by atoms with van der Waals surface area (Å²) < 4.78 is 11.3. The van der Waals surface area contributed by atoms with Crippen molar-refractivity contribution in [2.24, 2.45) is 4.99 Å². The Balaban J connectivity index is 1.59. The van der Waals surface area contributed by atoms with Crippen molar-refractivity contribution in [2.45, 2.75) is 40.0 Å². The van der Waals surface area contributed by atoms with Gasteiger partial charge in [-0.2, -0.15) is 4.99 Å². The van der Waals surface area contributed by atoms with E-state index in [1.165, 1.54) is 11.8 Å². The second-order valence-electron chi connectivity index (χ2n) is 9.17. The first-order chi connectivity index (χ1) is 16.6. The fraction of sp³-hybridized carbons (Fsp3) is 0.259. The molecule has 35 heavy (non-hydrogen) atoms. The van der Waals surface area contributed by atoms with Gasteiger partial charge >= 0.3 is 5.97 Å². The Bertz CT molecular complexity index is 1300. The largest absolute Gasteiger partial charge is 0.490 e. The van der Waals surface area contributed by atoms with Gasteiger partial charge in [0.05, 0.1) is 17.7 Å². The van der Waals surface area contributed by atoms with Gasteiger partial charge in [0, 0.05) is 5.70 Å². The Morgan fingerprint density at radius 2 is 1.86 bits per heavy atom. The molecular weight excluding hydrogens is 462 g/mol. The number of nitrogens with one attached hydrogen (secondary N) is 1. The van der Waals surface area contributed by atoms with Crippen molar-refractivity contribution >= 4 is 40.7 Å². The second kappa shape index (κ2) is 9.54. The molecule has 1 N–H and O–H groups in total. The summed E-state index contributed by atoms with van der Waals surface area (Å²) in [4.78, 5) is 31.1. The Kier molecular flexibility index (Phi) is 6.67. The van der Waals surface area contributed by atoms with Crippen molar-refractivity contribution < 1.29 is 19.1 Å². The lowest BCUT2D eigenvalue weighted by molar-refractivity contribution is -0.114. The van der Waals surface area contributed by atoms with Crippen molar-refractivity contribution in [3.63, 3.8) is 0 Å². The average molecular weight is 490 g/mol. The predicted molar refractivity (Wildman–Crippen MR) is 139 cm³/mol. The standard InChI is InChI=1S/C27H27N3O4S/c1-6-33-22-14-17(13-20-23(28)30-16(2)15-35-26(30)29-24(20)31)7-12-21(22)34-25(32)18-8-10-19(11-9-18)27(3,4)5/h7-15,28H,6H2,1-5H3/b20-13-,28-23?. The zero-order valence-corrected chi connectivity index (χ0v) is 21.2. The van der Waals surface area contributed by atoms with Crippen LogP contribution < -0.4 is 9.47 Å². The number of hydrogen-bond acceptors (Lipinski definition) is 6. The maximum atomic E-state index is 12.8. The van der Waals surface area contributed by atoms with Gasteiger partial charge in [-0.25, -0.2) is 4.79 Å². The van der Waals surface area contributed by atoms with Crippen molar-refractivity contribution in [3.05, 3.63) is 75.8 Å². The SMILES string of the molecule is CCOc1cc(/C=C2/C(=N)N3C(C)=CSC3=NC2=O)ccc1OC(=O)c1ccc(C(C)(C)C)cc1. The number of rotatable bonds is 5. The molecule has 2 aliphatic rings. The number of amides is 1. The number of carbonyl (C=O) groups excluding carboxylic acids is 2. The number of amidine groups is 2. The number of allylic oxidation sites excluding steroid dienone is 1. The van der Waals surface area contributed by atoms with Crippen LogP contribution in [-0.2, 0) is 10.2 Å². The molecule has 0 aliphatic carbocycles. The van der Waals surface area contributed by atoms with Gasteiger partial charge < -0.3 is 9.47 Å². The third-order valence-electron chi connectivity index (χ3n) is 5.55. The first-order valence-corrected chi connectivity index (χ1v) is 12.1. The smallest absolute Gasteiger partial charge is 0.343 e. The molecule has 0 unspecified atom stereocenters. The number of fused-ring (bicyclic) bond motifs is 1. The zero-order chi connectivity index (χ0) is 25.3. The summed E-state index contributed by atoms with van der Waals surface area (Å²) in [6, 6.07) is 12.4. The second-order valence-corrected chi connectivity index (χ2v) is 10.0. The molecular formula is C27H27N3O4S. The highest BCUT2D eigenvalue weighted by Gasteiger charge is 2.34. The number of benzene rings is 2. The number of ether oxygens (including phenoxy) is 2. The van der Waals surface area contributed by atoms with E-state index in [9.17, 15) is 9.59 Å². The fourth-order valence-electron chi connectivity index (χ4n) is 3.64. The van der Waals surface area contributed by atoms with Crippen LogP contribution in [0.25, 0.3) is 6.08 Å². The van der Waals surface area contributed by atoms with Gasteiger partial charge in [0.2, 0.25) is 0 Å². The molecule has 4 rings (SSSR count). The number of aliphatic imine (C=N–C) groups is 1. The maximum absolute atomic E-state index is 12.8.